The highest BCUT2D eigenvalue weighted by molar-refractivity contribution is 7.89. The van der Waals surface area contributed by atoms with Crippen LogP contribution in [0.4, 0.5) is 0 Å². The maximum atomic E-state index is 12.4. The van der Waals surface area contributed by atoms with Crippen molar-refractivity contribution in [2.45, 2.75) is 6.42 Å². The average Bonchev–Trinajstić information content (AvgIpc) is 2.82. The molecule has 1 amide bonds. The van der Waals surface area contributed by atoms with Crippen LogP contribution in [0.2, 0.25) is 0 Å². The molecule has 0 spiro atoms. The van der Waals surface area contributed by atoms with Crippen molar-refractivity contribution in [2.24, 2.45) is 5.73 Å². The van der Waals surface area contributed by atoms with E-state index in [0.29, 0.717) is 50.6 Å². The summed E-state index contributed by atoms with van der Waals surface area (Å²) in [5.74, 6) is 0.229. The number of benzene rings is 2. The molecule has 1 aliphatic heterocycles. The zero-order chi connectivity index (χ0) is 22.6. The lowest BCUT2D eigenvalue weighted by Crippen LogP contribution is -2.42. The van der Waals surface area contributed by atoms with Gasteiger partial charge in [0.25, 0.3) is 0 Å². The minimum atomic E-state index is -3.28. The fourth-order valence-electron chi connectivity index (χ4n) is 3.66. The van der Waals surface area contributed by atoms with Gasteiger partial charge in [-0.15, -0.1) is 0 Å². The van der Waals surface area contributed by atoms with Crippen molar-refractivity contribution in [3.8, 4) is 16.9 Å². The Hall–Kier alpha value is -3.01. The summed E-state index contributed by atoms with van der Waals surface area (Å²) in [5, 5.41) is 1.80. The van der Waals surface area contributed by atoms with Gasteiger partial charge in [-0.05, 0) is 41.6 Å². The Bertz CT molecular complexity index is 1210. The van der Waals surface area contributed by atoms with Crippen LogP contribution in [0.5, 0.6) is 5.75 Å². The number of carbonyl (C=O) groups is 1. The molecule has 0 saturated carbocycles. The molecule has 0 unspecified atom stereocenters. The van der Waals surface area contributed by atoms with Crippen molar-refractivity contribution in [3.63, 3.8) is 0 Å². The predicted octanol–water partition coefficient (Wildman–Crippen LogP) is 2.43. The molecule has 0 radical (unpaired) electrons. The van der Waals surface area contributed by atoms with Crippen molar-refractivity contribution in [2.75, 3.05) is 38.7 Å². The number of amides is 1. The van der Waals surface area contributed by atoms with Gasteiger partial charge in [0.05, 0.1) is 25.6 Å². The van der Waals surface area contributed by atoms with Crippen LogP contribution < -0.4 is 10.5 Å². The second-order valence-corrected chi connectivity index (χ2v) is 9.63. The lowest BCUT2D eigenvalue weighted by Gasteiger charge is -2.25. The third-order valence-electron chi connectivity index (χ3n) is 5.39. The SMILES string of the molecule is NC(=O)c1ccc2cncc(-c3ccc(OCCCS(=O)(=O)N4CCOCC4)cc3)c2c1. The Morgan fingerprint density at radius 2 is 1.84 bits per heavy atom. The molecule has 9 heteroatoms. The number of hydrogen-bond acceptors (Lipinski definition) is 6. The highest BCUT2D eigenvalue weighted by atomic mass is 32.2. The van der Waals surface area contributed by atoms with Crippen LogP contribution in [0.15, 0.2) is 54.9 Å². The van der Waals surface area contributed by atoms with Gasteiger partial charge >= 0.3 is 0 Å². The zero-order valence-electron chi connectivity index (χ0n) is 17.6. The van der Waals surface area contributed by atoms with Gasteiger partial charge in [-0.1, -0.05) is 18.2 Å². The fraction of sp³-hybridized carbons (Fsp3) is 0.304. The Labute approximate surface area is 187 Å². The molecular formula is C23H25N3O5S. The Kier molecular flexibility index (Phi) is 6.69. The largest absolute Gasteiger partial charge is 0.494 e. The number of primary amides is 1. The molecule has 2 aromatic carbocycles. The topological polar surface area (TPSA) is 112 Å². The second-order valence-electron chi connectivity index (χ2n) is 7.54. The molecule has 168 valence electrons. The number of fused-ring (bicyclic) bond motifs is 1. The first-order chi connectivity index (χ1) is 15.4. The van der Waals surface area contributed by atoms with Crippen molar-refractivity contribution in [3.05, 3.63) is 60.4 Å². The van der Waals surface area contributed by atoms with Crippen LogP contribution in [0.25, 0.3) is 21.9 Å². The van der Waals surface area contributed by atoms with Gasteiger partial charge in [-0.25, -0.2) is 8.42 Å². The normalized spacial score (nSPS) is 15.0. The Balaban J connectivity index is 1.39. The third-order valence-corrected chi connectivity index (χ3v) is 7.35. The standard InChI is InChI=1S/C23H25N3O5S/c24-23(27)18-2-3-19-15-25-16-22(21(19)14-18)17-4-6-20(7-5-17)31-10-1-13-32(28,29)26-8-11-30-12-9-26/h2-7,14-16H,1,8-13H2,(H2,24,27). The maximum absolute atomic E-state index is 12.4. The molecule has 3 aromatic rings. The van der Waals surface area contributed by atoms with Gasteiger partial charge in [0.15, 0.2) is 0 Å². The van der Waals surface area contributed by atoms with Gasteiger partial charge in [-0.2, -0.15) is 4.31 Å². The van der Waals surface area contributed by atoms with E-state index in [4.69, 9.17) is 15.2 Å². The number of morpholine rings is 1. The highest BCUT2D eigenvalue weighted by Crippen LogP contribution is 2.29. The summed E-state index contributed by atoms with van der Waals surface area (Å²) in [4.78, 5) is 15.9. The minimum Gasteiger partial charge on any atom is -0.494 e. The molecule has 1 aliphatic rings. The number of carbonyl (C=O) groups excluding carboxylic acids is 1. The molecule has 0 aliphatic carbocycles. The van der Waals surface area contributed by atoms with E-state index in [9.17, 15) is 13.2 Å². The number of aromatic nitrogens is 1. The summed E-state index contributed by atoms with van der Waals surface area (Å²) in [5.41, 5.74) is 7.67. The molecule has 2 heterocycles. The molecule has 1 fully saturated rings. The quantitative estimate of drug-likeness (QED) is 0.522. The Morgan fingerprint density at radius 1 is 1.09 bits per heavy atom. The predicted molar refractivity (Wildman–Crippen MR) is 122 cm³/mol. The molecule has 1 aromatic heterocycles. The number of nitrogens with zero attached hydrogens (tertiary/aromatic N) is 2. The number of hydrogen-bond donors (Lipinski definition) is 1. The monoisotopic (exact) mass is 455 g/mol. The van der Waals surface area contributed by atoms with Crippen LogP contribution >= 0.6 is 0 Å². The number of ether oxygens (including phenoxy) is 2. The van der Waals surface area contributed by atoms with E-state index < -0.39 is 15.9 Å². The highest BCUT2D eigenvalue weighted by Gasteiger charge is 2.23. The van der Waals surface area contributed by atoms with Crippen molar-refractivity contribution in [1.29, 1.82) is 0 Å². The Morgan fingerprint density at radius 3 is 2.56 bits per heavy atom. The summed E-state index contributed by atoms with van der Waals surface area (Å²) >= 11 is 0. The first-order valence-corrected chi connectivity index (χ1v) is 12.0. The molecule has 0 atom stereocenters. The number of sulfonamides is 1. The molecule has 0 bridgehead atoms. The lowest BCUT2D eigenvalue weighted by molar-refractivity contribution is 0.0730. The van der Waals surface area contributed by atoms with Crippen LogP contribution in [0.3, 0.4) is 0 Å². The molecule has 1 saturated heterocycles. The van der Waals surface area contributed by atoms with Gasteiger partial charge in [0.2, 0.25) is 15.9 Å². The first-order valence-electron chi connectivity index (χ1n) is 10.4. The summed E-state index contributed by atoms with van der Waals surface area (Å²) in [6.07, 6.45) is 3.90. The summed E-state index contributed by atoms with van der Waals surface area (Å²) in [6, 6.07) is 12.8. The maximum Gasteiger partial charge on any atom is 0.248 e. The van der Waals surface area contributed by atoms with Gasteiger partial charge in [0, 0.05) is 42.0 Å². The van der Waals surface area contributed by atoms with Crippen LogP contribution in [-0.2, 0) is 14.8 Å². The van der Waals surface area contributed by atoms with Crippen molar-refractivity contribution < 1.29 is 22.7 Å². The average molecular weight is 456 g/mol. The zero-order valence-corrected chi connectivity index (χ0v) is 18.4. The fourth-order valence-corrected chi connectivity index (χ4v) is 5.11. The lowest BCUT2D eigenvalue weighted by atomic mass is 9.99. The number of rotatable bonds is 8. The molecule has 4 rings (SSSR count). The summed E-state index contributed by atoms with van der Waals surface area (Å²) < 4.78 is 37.1. The summed E-state index contributed by atoms with van der Waals surface area (Å²) in [6.45, 7) is 2.01. The molecule has 32 heavy (non-hydrogen) atoms. The van der Waals surface area contributed by atoms with Crippen molar-refractivity contribution >= 4 is 26.7 Å². The van der Waals surface area contributed by atoms with E-state index >= 15 is 0 Å². The molecule has 2 N–H and O–H groups in total. The van der Waals surface area contributed by atoms with E-state index in [-0.39, 0.29) is 5.75 Å². The van der Waals surface area contributed by atoms with E-state index in [1.807, 2.05) is 30.3 Å². The molecule has 8 nitrogen and oxygen atoms in total. The second kappa shape index (κ2) is 9.64. The van der Waals surface area contributed by atoms with Gasteiger partial charge < -0.3 is 15.2 Å². The van der Waals surface area contributed by atoms with Crippen LogP contribution in [0.1, 0.15) is 16.8 Å². The van der Waals surface area contributed by atoms with E-state index in [1.165, 1.54) is 4.31 Å². The molecular weight excluding hydrogens is 430 g/mol. The first kappa shape index (κ1) is 22.2. The van der Waals surface area contributed by atoms with Crippen LogP contribution in [0, 0.1) is 0 Å². The third kappa shape index (κ3) is 5.07. The number of pyridine rings is 1. The van der Waals surface area contributed by atoms with E-state index in [2.05, 4.69) is 4.98 Å². The van der Waals surface area contributed by atoms with Gasteiger partial charge in [-0.3, -0.25) is 9.78 Å². The van der Waals surface area contributed by atoms with Crippen LogP contribution in [-0.4, -0.2) is 62.3 Å². The minimum absolute atomic E-state index is 0.0505. The van der Waals surface area contributed by atoms with E-state index in [1.54, 1.807) is 24.5 Å². The smallest absolute Gasteiger partial charge is 0.248 e. The van der Waals surface area contributed by atoms with Gasteiger partial charge in [0.1, 0.15) is 5.75 Å². The summed E-state index contributed by atoms with van der Waals surface area (Å²) in [7, 11) is -3.28. The van der Waals surface area contributed by atoms with E-state index in [0.717, 1.165) is 21.9 Å². The number of nitrogens with two attached hydrogens (primary N) is 1. The van der Waals surface area contributed by atoms with Crippen molar-refractivity contribution in [1.82, 2.24) is 9.29 Å².